The summed E-state index contributed by atoms with van der Waals surface area (Å²) in [4.78, 5) is 22.0. The molecule has 1 rings (SSSR count). The molecule has 0 heterocycles. The number of carbonyl (C=O) groups is 2. The van der Waals surface area contributed by atoms with E-state index < -0.39 is 11.2 Å². The Kier molecular flexibility index (Phi) is 5.45. The molecule has 0 amide bonds. The van der Waals surface area contributed by atoms with E-state index in [1.165, 1.54) is 18.2 Å². The minimum absolute atomic E-state index is 0.0672. The van der Waals surface area contributed by atoms with Crippen molar-refractivity contribution in [1.82, 2.24) is 0 Å². The van der Waals surface area contributed by atoms with Gasteiger partial charge in [0, 0.05) is 18.2 Å². The number of anilines is 1. The monoisotopic (exact) mass is 271 g/mol. The summed E-state index contributed by atoms with van der Waals surface area (Å²) in [6, 6.07) is 4.18. The van der Waals surface area contributed by atoms with E-state index in [9.17, 15) is 14.7 Å². The Morgan fingerprint density at radius 2 is 2.06 bits per heavy atom. The summed E-state index contributed by atoms with van der Waals surface area (Å²) >= 11 is 5.16. The molecular formula is C12H14ClNO4. The van der Waals surface area contributed by atoms with Gasteiger partial charge in [-0.3, -0.25) is 4.79 Å². The van der Waals surface area contributed by atoms with Crippen molar-refractivity contribution in [3.8, 4) is 5.75 Å². The second-order valence-corrected chi connectivity index (χ2v) is 4.15. The number of hydrogen-bond acceptors (Lipinski definition) is 5. The number of benzene rings is 1. The third kappa shape index (κ3) is 4.63. The molecule has 18 heavy (non-hydrogen) atoms. The van der Waals surface area contributed by atoms with Crippen molar-refractivity contribution in [1.29, 1.82) is 0 Å². The number of nitrogen functional groups attached to an aromatic ring is 1. The van der Waals surface area contributed by atoms with Crippen molar-refractivity contribution in [2.75, 3.05) is 12.3 Å². The maximum Gasteiger partial charge on any atom is 0.341 e. The molecule has 0 fully saturated rings. The molecule has 0 bridgehead atoms. The lowest BCUT2D eigenvalue weighted by atomic mass is 10.2. The Bertz CT molecular complexity index is 448. The van der Waals surface area contributed by atoms with E-state index in [-0.39, 0.29) is 24.3 Å². The second-order valence-electron chi connectivity index (χ2n) is 3.72. The normalized spacial score (nSPS) is 10.1. The van der Waals surface area contributed by atoms with Gasteiger partial charge in [0.05, 0.1) is 6.61 Å². The van der Waals surface area contributed by atoms with Gasteiger partial charge in [-0.2, -0.15) is 0 Å². The Balaban J connectivity index is 2.39. The van der Waals surface area contributed by atoms with Crippen LogP contribution in [0.5, 0.6) is 5.75 Å². The summed E-state index contributed by atoms with van der Waals surface area (Å²) < 4.78 is 4.94. The zero-order valence-corrected chi connectivity index (χ0v) is 10.4. The Morgan fingerprint density at radius 3 is 2.67 bits per heavy atom. The fraction of sp³-hybridized carbons (Fsp3) is 0.333. The van der Waals surface area contributed by atoms with E-state index in [2.05, 4.69) is 0 Å². The standard InChI is InChI=1S/C12H14ClNO4/c13-11(16)3-1-2-6-18-12(17)9-5-4-8(14)7-10(9)15/h4-5,7,15H,1-3,6,14H2. The van der Waals surface area contributed by atoms with Crippen LogP contribution in [0.1, 0.15) is 29.6 Å². The van der Waals surface area contributed by atoms with Gasteiger partial charge >= 0.3 is 5.97 Å². The maximum absolute atomic E-state index is 11.6. The molecule has 0 atom stereocenters. The minimum Gasteiger partial charge on any atom is -0.507 e. The number of rotatable bonds is 6. The van der Waals surface area contributed by atoms with E-state index in [1.54, 1.807) is 0 Å². The first kappa shape index (κ1) is 14.3. The van der Waals surface area contributed by atoms with Gasteiger partial charge in [0.15, 0.2) is 0 Å². The van der Waals surface area contributed by atoms with Crippen LogP contribution in [0.15, 0.2) is 18.2 Å². The van der Waals surface area contributed by atoms with Gasteiger partial charge in [0.1, 0.15) is 11.3 Å². The van der Waals surface area contributed by atoms with Crippen molar-refractivity contribution in [2.24, 2.45) is 0 Å². The average Bonchev–Trinajstić information content (AvgIpc) is 2.27. The molecule has 5 nitrogen and oxygen atoms in total. The maximum atomic E-state index is 11.6. The lowest BCUT2D eigenvalue weighted by molar-refractivity contribution is -0.111. The summed E-state index contributed by atoms with van der Waals surface area (Å²) in [6.45, 7) is 0.173. The molecule has 0 unspecified atom stereocenters. The number of halogens is 1. The van der Waals surface area contributed by atoms with Crippen molar-refractivity contribution in [2.45, 2.75) is 19.3 Å². The molecule has 0 saturated carbocycles. The van der Waals surface area contributed by atoms with Crippen LogP contribution in [-0.2, 0) is 9.53 Å². The fourth-order valence-electron chi connectivity index (χ4n) is 1.33. The fourth-order valence-corrected chi connectivity index (χ4v) is 1.46. The van der Waals surface area contributed by atoms with Crippen molar-refractivity contribution in [3.05, 3.63) is 23.8 Å². The van der Waals surface area contributed by atoms with Crippen molar-refractivity contribution >= 4 is 28.5 Å². The summed E-state index contributed by atoms with van der Waals surface area (Å²) in [6.07, 6.45) is 1.36. The van der Waals surface area contributed by atoms with E-state index in [0.29, 0.717) is 18.5 Å². The second kappa shape index (κ2) is 6.86. The molecule has 0 spiro atoms. The molecule has 0 aliphatic rings. The Labute approximate surface area is 109 Å². The van der Waals surface area contributed by atoms with Crippen LogP contribution in [0.2, 0.25) is 0 Å². The topological polar surface area (TPSA) is 89.6 Å². The van der Waals surface area contributed by atoms with Gasteiger partial charge in [-0.05, 0) is 36.6 Å². The van der Waals surface area contributed by atoms with Gasteiger partial charge < -0.3 is 15.6 Å². The third-order valence-corrected chi connectivity index (χ3v) is 2.43. The first-order chi connectivity index (χ1) is 8.50. The van der Waals surface area contributed by atoms with Crippen LogP contribution < -0.4 is 5.73 Å². The van der Waals surface area contributed by atoms with E-state index in [0.717, 1.165) is 0 Å². The van der Waals surface area contributed by atoms with Crippen molar-refractivity contribution < 1.29 is 19.4 Å². The summed E-state index contributed by atoms with van der Waals surface area (Å²) in [5, 5.41) is 9.09. The number of phenolic OH excluding ortho intramolecular Hbond substituents is 1. The Hall–Kier alpha value is -1.75. The van der Waals surface area contributed by atoms with Crippen LogP contribution >= 0.6 is 11.6 Å². The molecule has 0 aliphatic heterocycles. The van der Waals surface area contributed by atoms with Gasteiger partial charge in [0.2, 0.25) is 5.24 Å². The summed E-state index contributed by atoms with van der Waals surface area (Å²) in [5.41, 5.74) is 5.87. The lowest BCUT2D eigenvalue weighted by Gasteiger charge is -2.06. The van der Waals surface area contributed by atoms with Crippen LogP contribution in [0, 0.1) is 0 Å². The number of nitrogens with two attached hydrogens (primary N) is 1. The van der Waals surface area contributed by atoms with Gasteiger partial charge in [-0.1, -0.05) is 0 Å². The number of esters is 1. The molecule has 0 aliphatic carbocycles. The third-order valence-electron chi connectivity index (χ3n) is 2.24. The van der Waals surface area contributed by atoms with E-state index in [4.69, 9.17) is 22.1 Å². The molecule has 0 saturated heterocycles. The SMILES string of the molecule is Nc1ccc(C(=O)OCCCCC(=O)Cl)c(O)c1. The highest BCUT2D eigenvalue weighted by Crippen LogP contribution is 2.20. The van der Waals surface area contributed by atoms with Gasteiger partial charge in [-0.15, -0.1) is 0 Å². The molecule has 0 aromatic heterocycles. The number of hydrogen-bond donors (Lipinski definition) is 2. The molecule has 0 radical (unpaired) electrons. The largest absolute Gasteiger partial charge is 0.507 e. The predicted octanol–water partition coefficient (Wildman–Crippen LogP) is 2.07. The number of carbonyl (C=O) groups excluding carboxylic acids is 2. The zero-order valence-electron chi connectivity index (χ0n) is 9.69. The molecule has 6 heteroatoms. The smallest absolute Gasteiger partial charge is 0.341 e. The van der Waals surface area contributed by atoms with Crippen LogP contribution in [-0.4, -0.2) is 22.9 Å². The molecular weight excluding hydrogens is 258 g/mol. The van der Waals surface area contributed by atoms with Crippen LogP contribution in [0.3, 0.4) is 0 Å². The molecule has 98 valence electrons. The molecule has 3 N–H and O–H groups in total. The van der Waals surface area contributed by atoms with Crippen LogP contribution in [0.25, 0.3) is 0 Å². The highest BCUT2D eigenvalue weighted by Gasteiger charge is 2.12. The Morgan fingerprint density at radius 1 is 1.33 bits per heavy atom. The first-order valence-electron chi connectivity index (χ1n) is 5.44. The van der Waals surface area contributed by atoms with Gasteiger partial charge in [-0.25, -0.2) is 4.79 Å². The number of unbranched alkanes of at least 4 members (excludes halogenated alkanes) is 1. The lowest BCUT2D eigenvalue weighted by Crippen LogP contribution is -2.07. The zero-order chi connectivity index (χ0) is 13.5. The van der Waals surface area contributed by atoms with E-state index in [1.807, 2.05) is 0 Å². The summed E-state index contributed by atoms with van der Waals surface area (Å²) in [5.74, 6) is -0.833. The summed E-state index contributed by atoms with van der Waals surface area (Å²) in [7, 11) is 0. The van der Waals surface area contributed by atoms with Crippen LogP contribution in [0.4, 0.5) is 5.69 Å². The number of phenols is 1. The van der Waals surface area contributed by atoms with E-state index >= 15 is 0 Å². The average molecular weight is 272 g/mol. The predicted molar refractivity (Wildman–Crippen MR) is 67.5 cm³/mol. The minimum atomic E-state index is -0.621. The molecule has 1 aromatic rings. The molecule has 1 aromatic carbocycles. The highest BCUT2D eigenvalue weighted by molar-refractivity contribution is 6.63. The van der Waals surface area contributed by atoms with Gasteiger partial charge in [0.25, 0.3) is 0 Å². The quantitative estimate of drug-likeness (QED) is 0.358. The number of aromatic hydroxyl groups is 1. The highest BCUT2D eigenvalue weighted by atomic mass is 35.5. The first-order valence-corrected chi connectivity index (χ1v) is 5.82. The van der Waals surface area contributed by atoms with Crippen molar-refractivity contribution in [3.63, 3.8) is 0 Å². The number of ether oxygens (including phenoxy) is 1.